The van der Waals surface area contributed by atoms with Gasteiger partial charge >= 0.3 is 0 Å². The zero-order valence-corrected chi connectivity index (χ0v) is 24.6. The van der Waals surface area contributed by atoms with E-state index >= 15 is 0 Å². The average molecular weight is 585 g/mol. The van der Waals surface area contributed by atoms with Gasteiger partial charge in [0.25, 0.3) is 0 Å². The number of anilines is 1. The van der Waals surface area contributed by atoms with E-state index in [1.807, 2.05) is 51.1 Å². The molecule has 0 fully saturated rings. The van der Waals surface area contributed by atoms with E-state index in [0.717, 1.165) is 16.1 Å². The summed E-state index contributed by atoms with van der Waals surface area (Å²) in [6.45, 7) is 5.62. The fourth-order valence-electron chi connectivity index (χ4n) is 4.18. The number of carbonyl (C=O) groups is 1. The number of aliphatic hydroxyl groups excluding tert-OH is 2. The number of nitrogens with one attached hydrogen (secondary N) is 1. The van der Waals surface area contributed by atoms with Gasteiger partial charge in [0.1, 0.15) is 5.82 Å². The third-order valence-corrected chi connectivity index (χ3v) is 7.66. The van der Waals surface area contributed by atoms with E-state index in [4.69, 9.17) is 0 Å². The predicted molar refractivity (Wildman–Crippen MR) is 158 cm³/mol. The van der Waals surface area contributed by atoms with E-state index in [2.05, 4.69) is 15.3 Å². The summed E-state index contributed by atoms with van der Waals surface area (Å²) in [5, 5.41) is 24.0. The zero-order chi connectivity index (χ0) is 30.3. The Hall–Kier alpha value is -3.67. The van der Waals surface area contributed by atoms with Gasteiger partial charge in [-0.3, -0.25) is 4.79 Å². The van der Waals surface area contributed by atoms with Gasteiger partial charge in [-0.1, -0.05) is 56.3 Å². The number of hydrogen-bond acceptors (Lipinski definition) is 7. The summed E-state index contributed by atoms with van der Waals surface area (Å²) in [7, 11) is -2.31. The number of halogens is 1. The molecule has 0 aliphatic carbocycles. The molecule has 3 N–H and O–H groups in total. The number of carbonyl (C=O) groups excluding carboxylic acids is 1. The summed E-state index contributed by atoms with van der Waals surface area (Å²) < 4.78 is 39.1. The average Bonchev–Trinajstić information content (AvgIpc) is 2.91. The van der Waals surface area contributed by atoms with Crippen LogP contribution in [0.5, 0.6) is 0 Å². The Morgan fingerprint density at radius 1 is 1.05 bits per heavy atom. The van der Waals surface area contributed by atoms with E-state index < -0.39 is 28.0 Å². The number of aromatic nitrogens is 2. The van der Waals surface area contributed by atoms with Crippen molar-refractivity contribution in [1.82, 2.24) is 15.3 Å². The highest BCUT2D eigenvalue weighted by atomic mass is 32.2. The maximum atomic E-state index is 13.7. The molecule has 0 saturated carbocycles. The van der Waals surface area contributed by atoms with Crippen LogP contribution in [0.2, 0.25) is 0 Å². The third kappa shape index (κ3) is 8.91. The van der Waals surface area contributed by atoms with Crippen LogP contribution in [-0.4, -0.2) is 60.0 Å². The first-order chi connectivity index (χ1) is 19.3. The monoisotopic (exact) mass is 584 g/mol. The second kappa shape index (κ2) is 13.8. The standard InChI is InChI=1S/C30H37FN4O5S/c1-19(2)28-26(29(22-11-13-23(31)14-12-22)34-30(33-28)35(4)41(5,39)40)16-15-24(36)17-25(37)18-27(38)32-20(3)21-9-7-6-8-10-21/h6-16,19-20,24-25,36-37H,17-18H2,1-5H3,(H,32,38). The number of hydrogen-bond donors (Lipinski definition) is 3. The Labute approximate surface area is 240 Å². The number of nitrogens with zero attached hydrogens (tertiary/aromatic N) is 3. The molecule has 0 aliphatic rings. The fourth-order valence-corrected chi connectivity index (χ4v) is 4.56. The van der Waals surface area contributed by atoms with Gasteiger partial charge in [-0.05, 0) is 42.7 Å². The maximum Gasteiger partial charge on any atom is 0.239 e. The molecule has 0 radical (unpaired) electrons. The molecule has 1 heterocycles. The van der Waals surface area contributed by atoms with Crippen molar-refractivity contribution in [1.29, 1.82) is 0 Å². The molecule has 3 rings (SSSR count). The molecular weight excluding hydrogens is 547 g/mol. The summed E-state index contributed by atoms with van der Waals surface area (Å²) in [6, 6.07) is 14.8. The van der Waals surface area contributed by atoms with Gasteiger partial charge in [0.15, 0.2) is 0 Å². The molecular formula is C30H37FN4O5S. The number of aliphatic hydroxyl groups is 2. The highest BCUT2D eigenvalue weighted by Gasteiger charge is 2.23. The second-order valence-electron chi connectivity index (χ2n) is 10.3. The predicted octanol–water partition coefficient (Wildman–Crippen LogP) is 4.19. The minimum absolute atomic E-state index is 0.0422. The summed E-state index contributed by atoms with van der Waals surface area (Å²) in [4.78, 5) is 21.4. The lowest BCUT2D eigenvalue weighted by Crippen LogP contribution is -2.31. The molecule has 0 bridgehead atoms. The van der Waals surface area contributed by atoms with Crippen molar-refractivity contribution in [3.63, 3.8) is 0 Å². The first kappa shape index (κ1) is 31.9. The van der Waals surface area contributed by atoms with E-state index in [-0.39, 0.29) is 36.7 Å². The van der Waals surface area contributed by atoms with Crippen LogP contribution in [0.25, 0.3) is 17.3 Å². The minimum Gasteiger partial charge on any atom is -0.392 e. The highest BCUT2D eigenvalue weighted by molar-refractivity contribution is 7.92. The van der Waals surface area contributed by atoms with Crippen molar-refractivity contribution in [2.45, 2.75) is 57.8 Å². The van der Waals surface area contributed by atoms with Crippen molar-refractivity contribution >= 4 is 28.0 Å². The smallest absolute Gasteiger partial charge is 0.239 e. The number of sulfonamides is 1. The molecule has 2 aromatic carbocycles. The topological polar surface area (TPSA) is 133 Å². The second-order valence-corrected chi connectivity index (χ2v) is 12.3. The first-order valence-electron chi connectivity index (χ1n) is 13.3. The molecule has 3 atom stereocenters. The van der Waals surface area contributed by atoms with Crippen molar-refractivity contribution in [2.24, 2.45) is 0 Å². The van der Waals surface area contributed by atoms with Crippen molar-refractivity contribution in [2.75, 3.05) is 17.6 Å². The molecule has 3 unspecified atom stereocenters. The Kier molecular flexibility index (Phi) is 10.7. The molecule has 0 saturated heterocycles. The SMILES string of the molecule is CC(C)c1nc(N(C)S(C)(=O)=O)nc(-c2ccc(F)cc2)c1C=CC(O)CC(O)CC(=O)NC(C)c1ccccc1. The third-order valence-electron chi connectivity index (χ3n) is 6.50. The lowest BCUT2D eigenvalue weighted by atomic mass is 9.97. The first-order valence-corrected chi connectivity index (χ1v) is 15.1. The van der Waals surface area contributed by atoms with Gasteiger partial charge in [-0.25, -0.2) is 27.1 Å². The molecule has 0 spiro atoms. The molecule has 0 aliphatic heterocycles. The number of rotatable bonds is 12. The number of benzene rings is 2. The molecule has 1 aromatic heterocycles. The van der Waals surface area contributed by atoms with E-state index in [1.165, 1.54) is 37.4 Å². The van der Waals surface area contributed by atoms with Crippen molar-refractivity contribution in [3.05, 3.63) is 83.3 Å². The van der Waals surface area contributed by atoms with Crippen LogP contribution >= 0.6 is 0 Å². The van der Waals surface area contributed by atoms with Crippen LogP contribution in [0, 0.1) is 5.82 Å². The van der Waals surface area contributed by atoms with E-state index in [0.29, 0.717) is 22.5 Å². The lowest BCUT2D eigenvalue weighted by Gasteiger charge is -2.20. The quantitative estimate of drug-likeness (QED) is 0.291. The highest BCUT2D eigenvalue weighted by Crippen LogP contribution is 2.31. The fraction of sp³-hybridized carbons (Fsp3) is 0.367. The summed E-state index contributed by atoms with van der Waals surface area (Å²) in [6.07, 6.45) is 1.63. The van der Waals surface area contributed by atoms with Crippen LogP contribution in [0.15, 0.2) is 60.7 Å². The molecule has 41 heavy (non-hydrogen) atoms. The van der Waals surface area contributed by atoms with Crippen LogP contribution in [0.3, 0.4) is 0 Å². The number of amides is 1. The minimum atomic E-state index is -3.66. The Morgan fingerprint density at radius 3 is 2.27 bits per heavy atom. The van der Waals surface area contributed by atoms with E-state index in [1.54, 1.807) is 6.08 Å². The van der Waals surface area contributed by atoms with Gasteiger partial charge in [0.05, 0.1) is 42.3 Å². The van der Waals surface area contributed by atoms with Gasteiger partial charge in [-0.2, -0.15) is 0 Å². The van der Waals surface area contributed by atoms with Gasteiger partial charge < -0.3 is 15.5 Å². The molecule has 220 valence electrons. The Bertz CT molecular complexity index is 1460. The maximum absolute atomic E-state index is 13.7. The Balaban J connectivity index is 1.83. The van der Waals surface area contributed by atoms with Crippen LogP contribution in [0.4, 0.5) is 10.3 Å². The van der Waals surface area contributed by atoms with Crippen molar-refractivity contribution in [3.8, 4) is 11.3 Å². The summed E-state index contributed by atoms with van der Waals surface area (Å²) >= 11 is 0. The summed E-state index contributed by atoms with van der Waals surface area (Å²) in [5.41, 5.74) is 2.85. The van der Waals surface area contributed by atoms with Crippen molar-refractivity contribution < 1.29 is 27.8 Å². The van der Waals surface area contributed by atoms with Crippen LogP contribution < -0.4 is 9.62 Å². The molecule has 3 aromatic rings. The van der Waals surface area contributed by atoms with Crippen LogP contribution in [0.1, 0.15) is 62.4 Å². The largest absolute Gasteiger partial charge is 0.392 e. The van der Waals surface area contributed by atoms with E-state index in [9.17, 15) is 27.8 Å². The van der Waals surface area contributed by atoms with Crippen LogP contribution in [-0.2, 0) is 14.8 Å². The molecule has 11 heteroatoms. The van der Waals surface area contributed by atoms with Gasteiger partial charge in [0.2, 0.25) is 21.9 Å². The lowest BCUT2D eigenvalue weighted by molar-refractivity contribution is -0.123. The van der Waals surface area contributed by atoms with Gasteiger partial charge in [-0.15, -0.1) is 0 Å². The van der Waals surface area contributed by atoms with Gasteiger partial charge in [0, 0.05) is 24.6 Å². The zero-order valence-electron chi connectivity index (χ0n) is 23.8. The Morgan fingerprint density at radius 2 is 1.68 bits per heavy atom. The normalized spacial score (nSPS) is 14.2. The molecule has 1 amide bonds. The molecule has 9 nitrogen and oxygen atoms in total. The summed E-state index contributed by atoms with van der Waals surface area (Å²) in [5.74, 6) is -0.991.